The van der Waals surface area contributed by atoms with Crippen molar-refractivity contribution in [3.8, 4) is 11.5 Å². The minimum absolute atomic E-state index is 0.0599. The summed E-state index contributed by atoms with van der Waals surface area (Å²) in [7, 11) is 4.58. The van der Waals surface area contributed by atoms with Crippen LogP contribution < -0.4 is 14.8 Å². The second-order valence-electron chi connectivity index (χ2n) is 8.31. The summed E-state index contributed by atoms with van der Waals surface area (Å²) in [6, 6.07) is 11.4. The average Bonchev–Trinajstić information content (AvgIpc) is 3.43. The van der Waals surface area contributed by atoms with E-state index in [4.69, 9.17) is 18.6 Å². The van der Waals surface area contributed by atoms with Crippen LogP contribution in [0.15, 0.2) is 59.2 Å². The van der Waals surface area contributed by atoms with Crippen LogP contribution in [-0.2, 0) is 22.5 Å². The van der Waals surface area contributed by atoms with Crippen molar-refractivity contribution in [1.82, 2.24) is 9.80 Å². The van der Waals surface area contributed by atoms with Crippen molar-refractivity contribution in [3.05, 3.63) is 77.8 Å². The van der Waals surface area contributed by atoms with Crippen LogP contribution in [0.4, 0.5) is 19.3 Å². The van der Waals surface area contributed by atoms with Crippen molar-refractivity contribution in [2.75, 3.05) is 52.9 Å². The van der Waals surface area contributed by atoms with E-state index < -0.39 is 17.7 Å². The second kappa shape index (κ2) is 14.0. The molecule has 0 saturated heterocycles. The lowest BCUT2D eigenvalue weighted by Crippen LogP contribution is -2.46. The highest BCUT2D eigenvalue weighted by Crippen LogP contribution is 2.28. The first-order valence-electron chi connectivity index (χ1n) is 11.9. The summed E-state index contributed by atoms with van der Waals surface area (Å²) in [6.07, 6.45) is 2.03. The lowest BCUT2D eigenvalue weighted by molar-refractivity contribution is -0.132. The molecule has 1 heterocycles. The Balaban J connectivity index is 1.74. The van der Waals surface area contributed by atoms with Gasteiger partial charge in [-0.25, -0.2) is 13.6 Å². The van der Waals surface area contributed by atoms with Gasteiger partial charge in [-0.05, 0) is 48.4 Å². The third-order valence-electron chi connectivity index (χ3n) is 5.75. The molecule has 0 fully saturated rings. The van der Waals surface area contributed by atoms with E-state index in [0.717, 1.165) is 17.7 Å². The van der Waals surface area contributed by atoms with Gasteiger partial charge >= 0.3 is 6.03 Å². The summed E-state index contributed by atoms with van der Waals surface area (Å²) in [5, 5.41) is 2.50. The molecule has 2 aromatic carbocycles. The molecule has 0 spiro atoms. The van der Waals surface area contributed by atoms with Crippen LogP contribution in [0.1, 0.15) is 11.3 Å². The SMILES string of the molecule is COCCN(CC(=O)N(CCc1ccc(OC)c(OC)c1)Cc1ccco1)C(=O)Nc1ccc(F)c(F)c1. The van der Waals surface area contributed by atoms with Gasteiger partial charge in [0.15, 0.2) is 23.1 Å². The summed E-state index contributed by atoms with van der Waals surface area (Å²) in [5.74, 6) is -0.701. The summed E-state index contributed by atoms with van der Waals surface area (Å²) in [6.45, 7) is 0.524. The zero-order chi connectivity index (χ0) is 27.5. The van der Waals surface area contributed by atoms with Crippen molar-refractivity contribution in [2.45, 2.75) is 13.0 Å². The fourth-order valence-corrected chi connectivity index (χ4v) is 3.68. The molecule has 0 aliphatic carbocycles. The number of carbonyl (C=O) groups excluding carboxylic acids is 2. The molecule has 0 radical (unpaired) electrons. The standard InChI is InChI=1S/C27H31F2N3O6/c1-35-14-12-32(27(34)30-20-7-8-22(28)23(29)16-20)18-26(33)31(17-21-5-4-13-38-21)11-10-19-6-9-24(36-2)25(15-19)37-3/h4-9,13,15-16H,10-12,14,17-18H2,1-3H3,(H,30,34). The number of hydrogen-bond acceptors (Lipinski definition) is 6. The van der Waals surface area contributed by atoms with Crippen molar-refractivity contribution < 1.29 is 37.0 Å². The number of urea groups is 1. The van der Waals surface area contributed by atoms with Gasteiger partial charge in [0.05, 0.1) is 33.6 Å². The highest BCUT2D eigenvalue weighted by molar-refractivity contribution is 5.92. The molecule has 0 saturated carbocycles. The highest BCUT2D eigenvalue weighted by Gasteiger charge is 2.23. The quantitative estimate of drug-likeness (QED) is 0.353. The third-order valence-corrected chi connectivity index (χ3v) is 5.75. The number of nitrogens with zero attached hydrogens (tertiary/aromatic N) is 2. The van der Waals surface area contributed by atoms with E-state index in [9.17, 15) is 18.4 Å². The lowest BCUT2D eigenvalue weighted by Gasteiger charge is -2.27. The topological polar surface area (TPSA) is 93.5 Å². The van der Waals surface area contributed by atoms with Crippen molar-refractivity contribution in [1.29, 1.82) is 0 Å². The number of furan rings is 1. The fraction of sp³-hybridized carbons (Fsp3) is 0.333. The van der Waals surface area contributed by atoms with E-state index in [1.807, 2.05) is 12.1 Å². The van der Waals surface area contributed by atoms with Crippen molar-refractivity contribution in [2.24, 2.45) is 0 Å². The number of ether oxygens (including phenoxy) is 3. The number of benzene rings is 2. The molecule has 204 valence electrons. The second-order valence-corrected chi connectivity index (χ2v) is 8.31. The number of amides is 3. The summed E-state index contributed by atoms with van der Waals surface area (Å²) < 4.78 is 48.0. The lowest BCUT2D eigenvalue weighted by atomic mass is 10.1. The minimum atomic E-state index is -1.10. The molecular weight excluding hydrogens is 500 g/mol. The summed E-state index contributed by atoms with van der Waals surface area (Å²) in [5.41, 5.74) is 0.983. The number of nitrogens with one attached hydrogen (secondary N) is 1. The summed E-state index contributed by atoms with van der Waals surface area (Å²) in [4.78, 5) is 29.2. The Hall–Kier alpha value is -4.12. The Morgan fingerprint density at radius 2 is 1.71 bits per heavy atom. The predicted molar refractivity (Wildman–Crippen MR) is 136 cm³/mol. The van der Waals surface area contributed by atoms with Gasteiger partial charge in [0.2, 0.25) is 5.91 Å². The number of anilines is 1. The number of methoxy groups -OCH3 is 3. The molecule has 38 heavy (non-hydrogen) atoms. The Bertz CT molecular complexity index is 1210. The van der Waals surface area contributed by atoms with Crippen LogP contribution in [-0.4, -0.2) is 69.3 Å². The molecule has 0 unspecified atom stereocenters. The zero-order valence-electron chi connectivity index (χ0n) is 21.5. The van der Waals surface area contributed by atoms with E-state index in [-0.39, 0.29) is 37.8 Å². The zero-order valence-corrected chi connectivity index (χ0v) is 21.5. The van der Waals surface area contributed by atoms with Gasteiger partial charge < -0.3 is 33.7 Å². The first kappa shape index (κ1) is 28.5. The Morgan fingerprint density at radius 3 is 2.37 bits per heavy atom. The maximum atomic E-state index is 13.6. The normalized spacial score (nSPS) is 10.7. The van der Waals surface area contributed by atoms with Gasteiger partial charge in [0.1, 0.15) is 12.3 Å². The van der Waals surface area contributed by atoms with Crippen LogP contribution in [0, 0.1) is 11.6 Å². The van der Waals surface area contributed by atoms with Crippen LogP contribution in [0.2, 0.25) is 0 Å². The first-order chi connectivity index (χ1) is 18.3. The molecule has 1 N–H and O–H groups in total. The predicted octanol–water partition coefficient (Wildman–Crippen LogP) is 4.33. The molecule has 9 nitrogen and oxygen atoms in total. The monoisotopic (exact) mass is 531 g/mol. The van der Waals surface area contributed by atoms with Gasteiger partial charge in [-0.1, -0.05) is 6.07 Å². The van der Waals surface area contributed by atoms with Crippen LogP contribution in [0.25, 0.3) is 0 Å². The minimum Gasteiger partial charge on any atom is -0.493 e. The molecule has 0 atom stereocenters. The molecule has 3 rings (SSSR count). The molecule has 11 heteroatoms. The van der Waals surface area contributed by atoms with E-state index in [0.29, 0.717) is 30.2 Å². The van der Waals surface area contributed by atoms with Crippen LogP contribution in [0.5, 0.6) is 11.5 Å². The maximum Gasteiger partial charge on any atom is 0.322 e. The molecule has 0 aliphatic heterocycles. The van der Waals surface area contributed by atoms with Gasteiger partial charge in [-0.2, -0.15) is 0 Å². The van der Waals surface area contributed by atoms with E-state index in [2.05, 4.69) is 5.32 Å². The van der Waals surface area contributed by atoms with Gasteiger partial charge in [0, 0.05) is 32.0 Å². The van der Waals surface area contributed by atoms with Crippen LogP contribution in [0.3, 0.4) is 0 Å². The van der Waals surface area contributed by atoms with E-state index >= 15 is 0 Å². The third kappa shape index (κ3) is 7.94. The van der Waals surface area contributed by atoms with Gasteiger partial charge in [-0.3, -0.25) is 4.79 Å². The number of rotatable bonds is 13. The summed E-state index contributed by atoms with van der Waals surface area (Å²) >= 11 is 0. The van der Waals surface area contributed by atoms with Crippen molar-refractivity contribution in [3.63, 3.8) is 0 Å². The molecule has 0 aliphatic rings. The Morgan fingerprint density at radius 1 is 0.921 bits per heavy atom. The van der Waals surface area contributed by atoms with Gasteiger partial charge in [-0.15, -0.1) is 0 Å². The fourth-order valence-electron chi connectivity index (χ4n) is 3.68. The molecule has 1 aromatic heterocycles. The van der Waals surface area contributed by atoms with Crippen LogP contribution >= 0.6 is 0 Å². The Kier molecular flexibility index (Phi) is 10.5. The number of carbonyl (C=O) groups is 2. The number of halogens is 2. The van der Waals surface area contributed by atoms with Gasteiger partial charge in [0.25, 0.3) is 0 Å². The smallest absolute Gasteiger partial charge is 0.322 e. The largest absolute Gasteiger partial charge is 0.493 e. The molecule has 3 amide bonds. The molecular formula is C27H31F2N3O6. The molecule has 3 aromatic rings. The van der Waals surface area contributed by atoms with E-state index in [1.165, 1.54) is 24.3 Å². The highest BCUT2D eigenvalue weighted by atomic mass is 19.2. The maximum absolute atomic E-state index is 13.6. The van der Waals surface area contributed by atoms with E-state index in [1.54, 1.807) is 37.3 Å². The average molecular weight is 532 g/mol. The molecule has 0 bridgehead atoms. The Labute approximate surface area is 219 Å². The van der Waals surface area contributed by atoms with Crippen molar-refractivity contribution >= 4 is 17.6 Å². The first-order valence-corrected chi connectivity index (χ1v) is 11.9. The number of hydrogen-bond donors (Lipinski definition) is 1.